The molecule has 2 heterocycles. The minimum Gasteiger partial charge on any atom is -0.416 e. The topological polar surface area (TPSA) is 57.2 Å². The Morgan fingerprint density at radius 1 is 0.968 bits per heavy atom. The lowest BCUT2D eigenvalue weighted by Gasteiger charge is -2.57. The number of fused-ring (bicyclic) bond motifs is 3. The van der Waals surface area contributed by atoms with Crippen molar-refractivity contribution in [1.29, 1.82) is 0 Å². The first-order chi connectivity index (χ1) is 14.1. The Labute approximate surface area is 193 Å². The zero-order valence-electron chi connectivity index (χ0n) is 22.1. The highest BCUT2D eigenvalue weighted by Gasteiger charge is 2.57. The lowest BCUT2D eigenvalue weighted by molar-refractivity contribution is -0.310. The van der Waals surface area contributed by atoms with Gasteiger partial charge in [-0.3, -0.25) is 0 Å². The highest BCUT2D eigenvalue weighted by Crippen LogP contribution is 2.51. The fourth-order valence-electron chi connectivity index (χ4n) is 4.45. The zero-order valence-corrected chi connectivity index (χ0v) is 24.1. The van der Waals surface area contributed by atoms with Crippen molar-refractivity contribution in [2.45, 2.75) is 116 Å². The quantitative estimate of drug-likeness (QED) is 0.428. The molecule has 6 atom stereocenters. The second kappa shape index (κ2) is 9.84. The van der Waals surface area contributed by atoms with Crippen LogP contribution < -0.4 is 0 Å². The Balaban J connectivity index is 2.37. The second-order valence-corrected chi connectivity index (χ2v) is 22.2. The smallest absolute Gasteiger partial charge is 0.192 e. The highest BCUT2D eigenvalue weighted by molar-refractivity contribution is 6.74. The van der Waals surface area contributed by atoms with E-state index in [2.05, 4.69) is 67.7 Å². The van der Waals surface area contributed by atoms with Crippen molar-refractivity contribution >= 4 is 16.6 Å². The molecule has 1 N–H and O–H groups in total. The van der Waals surface area contributed by atoms with E-state index in [9.17, 15) is 5.11 Å². The van der Waals surface area contributed by atoms with E-state index in [1.165, 1.54) is 0 Å². The van der Waals surface area contributed by atoms with Gasteiger partial charge in [0.25, 0.3) is 0 Å². The summed E-state index contributed by atoms with van der Waals surface area (Å²) in [6, 6.07) is 0. The van der Waals surface area contributed by atoms with Gasteiger partial charge < -0.3 is 23.4 Å². The van der Waals surface area contributed by atoms with Crippen molar-refractivity contribution < 1.29 is 23.4 Å². The Morgan fingerprint density at radius 3 is 2.03 bits per heavy atom. The van der Waals surface area contributed by atoms with Gasteiger partial charge in [0.1, 0.15) is 0 Å². The van der Waals surface area contributed by atoms with E-state index in [-0.39, 0.29) is 47.0 Å². The lowest BCUT2D eigenvalue weighted by atomic mass is 9.66. The number of aliphatic hydroxyl groups is 1. The largest absolute Gasteiger partial charge is 0.416 e. The number of hydrogen-bond acceptors (Lipinski definition) is 5. The maximum absolute atomic E-state index is 9.74. The van der Waals surface area contributed by atoms with Gasteiger partial charge >= 0.3 is 0 Å². The number of aliphatic hydroxyl groups excluding tert-OH is 1. The summed E-state index contributed by atoms with van der Waals surface area (Å²) in [5.74, 6) is 0.799. The first kappa shape index (κ1) is 27.5. The summed E-state index contributed by atoms with van der Waals surface area (Å²) in [4.78, 5) is 0. The minimum atomic E-state index is -1.98. The molecule has 7 heteroatoms. The molecule has 2 saturated heterocycles. The average Bonchev–Trinajstić information content (AvgIpc) is 2.60. The third-order valence-electron chi connectivity index (χ3n) is 8.50. The van der Waals surface area contributed by atoms with E-state index < -0.39 is 16.6 Å². The van der Waals surface area contributed by atoms with Crippen molar-refractivity contribution in [3.63, 3.8) is 0 Å². The molecule has 0 amide bonds. The van der Waals surface area contributed by atoms with Crippen molar-refractivity contribution in [3.05, 3.63) is 0 Å². The Morgan fingerprint density at radius 2 is 1.55 bits per heavy atom. The van der Waals surface area contributed by atoms with Crippen LogP contribution in [0.25, 0.3) is 0 Å². The molecule has 0 aromatic rings. The van der Waals surface area contributed by atoms with Crippen LogP contribution in [0, 0.1) is 17.8 Å². The summed E-state index contributed by atoms with van der Waals surface area (Å²) in [5.41, 5.74) is 0. The van der Waals surface area contributed by atoms with Gasteiger partial charge in [-0.25, -0.2) is 0 Å². The van der Waals surface area contributed by atoms with E-state index >= 15 is 0 Å². The van der Waals surface area contributed by atoms with Crippen molar-refractivity contribution in [3.8, 4) is 0 Å². The van der Waals surface area contributed by atoms with Crippen LogP contribution in [0.15, 0.2) is 0 Å². The van der Waals surface area contributed by atoms with Crippen molar-refractivity contribution in [1.82, 2.24) is 0 Å². The van der Waals surface area contributed by atoms with Crippen LogP contribution in [-0.2, 0) is 18.3 Å². The van der Waals surface area contributed by atoms with Crippen LogP contribution in [0.1, 0.15) is 61.3 Å². The van der Waals surface area contributed by atoms with Crippen molar-refractivity contribution in [2.75, 3.05) is 19.8 Å². The number of ether oxygens (including phenoxy) is 2. The second-order valence-electron chi connectivity index (χ2n) is 12.7. The van der Waals surface area contributed by atoms with Gasteiger partial charge in [0.15, 0.2) is 22.9 Å². The highest BCUT2D eigenvalue weighted by atomic mass is 28.4. The molecule has 5 nitrogen and oxygen atoms in total. The summed E-state index contributed by atoms with van der Waals surface area (Å²) in [6.07, 6.45) is 1.53. The maximum atomic E-state index is 9.74. The predicted octanol–water partition coefficient (Wildman–Crippen LogP) is 5.79. The van der Waals surface area contributed by atoms with Gasteiger partial charge in [0.2, 0.25) is 0 Å². The molecular formula is C24H50O5Si2. The summed E-state index contributed by atoms with van der Waals surface area (Å²) in [7, 11) is -3.88. The summed E-state index contributed by atoms with van der Waals surface area (Å²) in [6.45, 7) is 26.6. The maximum Gasteiger partial charge on any atom is 0.192 e. The molecule has 31 heavy (non-hydrogen) atoms. The van der Waals surface area contributed by atoms with Crippen LogP contribution in [0.3, 0.4) is 0 Å². The van der Waals surface area contributed by atoms with Gasteiger partial charge in [0, 0.05) is 31.7 Å². The standard InChI is InChI=1S/C24H50O5Si2/c1-12-26-22-20-17(13-14-25)15-19(28-22)21(29-31(10,11)24(5,6)7)18(20)16-27-30(8,9)23(2,3)4/h17-22,25H,12-16H2,1-11H3/t17?,18-,19+,20-,21-,22-/m0/s1. The molecule has 3 aliphatic rings. The monoisotopic (exact) mass is 474 g/mol. The summed E-state index contributed by atoms with van der Waals surface area (Å²) in [5, 5.41) is 10.0. The molecule has 3 fully saturated rings. The normalized spacial score (nSPS) is 32.5. The van der Waals surface area contributed by atoms with Crippen molar-refractivity contribution in [2.24, 2.45) is 17.8 Å². The van der Waals surface area contributed by atoms with E-state index in [0.29, 0.717) is 19.1 Å². The predicted molar refractivity (Wildman–Crippen MR) is 132 cm³/mol. The van der Waals surface area contributed by atoms with Crippen LogP contribution in [0.5, 0.6) is 0 Å². The van der Waals surface area contributed by atoms with Gasteiger partial charge in [-0.2, -0.15) is 0 Å². The van der Waals surface area contributed by atoms with Crippen LogP contribution in [-0.4, -0.2) is 60.1 Å². The van der Waals surface area contributed by atoms with Crippen LogP contribution in [0.2, 0.25) is 36.3 Å². The average molecular weight is 475 g/mol. The molecule has 0 aromatic heterocycles. The molecular weight excluding hydrogens is 424 g/mol. The van der Waals surface area contributed by atoms with Gasteiger partial charge in [-0.05, 0) is 61.9 Å². The van der Waals surface area contributed by atoms with E-state index in [0.717, 1.165) is 12.8 Å². The fourth-order valence-corrected chi connectivity index (χ4v) is 6.85. The Hall–Kier alpha value is 0.234. The van der Waals surface area contributed by atoms with Crippen LogP contribution in [0.4, 0.5) is 0 Å². The summed E-state index contributed by atoms with van der Waals surface area (Å²) >= 11 is 0. The van der Waals surface area contributed by atoms with Gasteiger partial charge in [-0.15, -0.1) is 0 Å². The van der Waals surface area contributed by atoms with E-state index in [1.807, 2.05) is 6.92 Å². The van der Waals surface area contributed by atoms with Gasteiger partial charge in [0.05, 0.1) is 12.2 Å². The first-order valence-electron chi connectivity index (χ1n) is 12.3. The third kappa shape index (κ3) is 6.03. The molecule has 1 aliphatic carbocycles. The van der Waals surface area contributed by atoms with E-state index in [1.54, 1.807) is 0 Å². The summed E-state index contributed by atoms with van der Waals surface area (Å²) < 4.78 is 26.3. The Kier molecular flexibility index (Phi) is 8.73. The zero-order chi connectivity index (χ0) is 23.8. The fraction of sp³-hybridized carbons (Fsp3) is 1.00. The lowest BCUT2D eigenvalue weighted by Crippen LogP contribution is -2.64. The molecule has 0 spiro atoms. The number of rotatable bonds is 9. The Bertz CT molecular complexity index is 565. The molecule has 2 aliphatic heterocycles. The van der Waals surface area contributed by atoms with Gasteiger partial charge in [-0.1, -0.05) is 41.5 Å². The minimum absolute atomic E-state index is 0.000223. The van der Waals surface area contributed by atoms with E-state index in [4.69, 9.17) is 18.3 Å². The van der Waals surface area contributed by atoms with Crippen LogP contribution >= 0.6 is 0 Å². The number of hydrogen-bond donors (Lipinski definition) is 1. The molecule has 184 valence electrons. The molecule has 1 saturated carbocycles. The third-order valence-corrected chi connectivity index (χ3v) is 17.5. The molecule has 2 bridgehead atoms. The molecule has 0 radical (unpaired) electrons. The molecule has 0 aromatic carbocycles. The SMILES string of the molecule is CCO[C@H]1O[C@@H]2CC(CCO)[C@H]1[C@H](CO[Si](C)(C)C(C)(C)C)[C@@H]2O[Si](C)(C)C(C)(C)C. The first-order valence-corrected chi connectivity index (χ1v) is 18.1. The molecule has 3 rings (SSSR count). The molecule has 1 unspecified atom stereocenters.